The maximum Gasteiger partial charge on any atom is 0.242 e. The summed E-state index contributed by atoms with van der Waals surface area (Å²) in [7, 11) is -3.54. The van der Waals surface area contributed by atoms with Crippen LogP contribution >= 0.6 is 11.6 Å². The van der Waals surface area contributed by atoms with Gasteiger partial charge in [0, 0.05) is 10.4 Å². The Morgan fingerprint density at radius 2 is 1.88 bits per heavy atom. The van der Waals surface area contributed by atoms with Crippen molar-refractivity contribution in [2.24, 2.45) is 0 Å². The first-order valence-electron chi connectivity index (χ1n) is 7.81. The molecule has 0 saturated heterocycles. The van der Waals surface area contributed by atoms with Gasteiger partial charge in [0.1, 0.15) is 0 Å². The molecule has 124 valence electrons. The molecule has 2 aromatic carbocycles. The smallest absolute Gasteiger partial charge is 0.207 e. The highest BCUT2D eigenvalue weighted by Crippen LogP contribution is 2.57. The number of nitrogens with one attached hydrogen (secondary N) is 1. The van der Waals surface area contributed by atoms with Crippen LogP contribution < -0.4 is 4.72 Å². The van der Waals surface area contributed by atoms with Crippen molar-refractivity contribution in [2.45, 2.75) is 36.1 Å². The van der Waals surface area contributed by atoms with Crippen molar-refractivity contribution in [3.8, 4) is 0 Å². The summed E-state index contributed by atoms with van der Waals surface area (Å²) in [4.78, 5) is 0.358. The molecule has 24 heavy (non-hydrogen) atoms. The van der Waals surface area contributed by atoms with Gasteiger partial charge in [-0.2, -0.15) is 4.72 Å². The fraction of sp³-hybridized carbons (Fsp3) is 0.263. The van der Waals surface area contributed by atoms with Crippen LogP contribution in [0.25, 0.3) is 0 Å². The summed E-state index contributed by atoms with van der Waals surface area (Å²) in [6.07, 6.45) is 0.598. The van der Waals surface area contributed by atoms with Crippen LogP contribution in [0.2, 0.25) is 5.02 Å². The molecule has 0 bridgehead atoms. The minimum absolute atomic E-state index is 0.347. The van der Waals surface area contributed by atoms with Gasteiger partial charge in [-0.15, -0.1) is 0 Å². The quantitative estimate of drug-likeness (QED) is 0.779. The van der Waals surface area contributed by atoms with Gasteiger partial charge < -0.3 is 0 Å². The van der Waals surface area contributed by atoms with Gasteiger partial charge in [-0.3, -0.25) is 0 Å². The van der Waals surface area contributed by atoms with E-state index in [4.69, 9.17) is 11.6 Å². The summed E-state index contributed by atoms with van der Waals surface area (Å²) in [5.41, 5.74) is 2.70. The maximum absolute atomic E-state index is 12.7. The Kier molecular flexibility index (Phi) is 3.12. The molecule has 0 fully saturated rings. The molecule has 5 heteroatoms. The van der Waals surface area contributed by atoms with Gasteiger partial charge in [0.25, 0.3) is 0 Å². The van der Waals surface area contributed by atoms with E-state index in [0.29, 0.717) is 16.3 Å². The van der Waals surface area contributed by atoms with Gasteiger partial charge in [0.2, 0.25) is 10.0 Å². The Bertz CT molecular complexity index is 998. The molecular formula is C19H18ClNO2S. The van der Waals surface area contributed by atoms with E-state index in [1.807, 2.05) is 37.3 Å². The van der Waals surface area contributed by atoms with E-state index >= 15 is 0 Å². The molecule has 1 aliphatic heterocycles. The van der Waals surface area contributed by atoms with Crippen molar-refractivity contribution in [3.63, 3.8) is 0 Å². The predicted octanol–water partition coefficient (Wildman–Crippen LogP) is 4.11. The Morgan fingerprint density at radius 3 is 2.58 bits per heavy atom. The van der Waals surface area contributed by atoms with Crippen LogP contribution in [-0.4, -0.2) is 8.42 Å². The molecule has 2 atom stereocenters. The van der Waals surface area contributed by atoms with Crippen LogP contribution in [0.3, 0.4) is 0 Å². The Labute approximate surface area is 147 Å². The highest BCUT2D eigenvalue weighted by Gasteiger charge is 2.57. The lowest BCUT2D eigenvalue weighted by molar-refractivity contribution is 0.403. The number of halogens is 1. The van der Waals surface area contributed by atoms with E-state index in [9.17, 15) is 8.42 Å². The SMILES string of the molecule is C=C(C)[C@@]1(C)C[C@@]2(NS(=O)(=O)c3ccccc32)c2ccc(Cl)cc21. The molecule has 2 aliphatic rings. The van der Waals surface area contributed by atoms with Gasteiger partial charge in [-0.05, 0) is 48.2 Å². The summed E-state index contributed by atoms with van der Waals surface area (Å²) in [6.45, 7) is 8.25. The zero-order chi connectivity index (χ0) is 17.3. The minimum atomic E-state index is -3.54. The summed E-state index contributed by atoms with van der Waals surface area (Å²) in [5, 5.41) is 0.646. The number of hydrogen-bond acceptors (Lipinski definition) is 2. The van der Waals surface area contributed by atoms with E-state index in [0.717, 1.165) is 22.3 Å². The van der Waals surface area contributed by atoms with Crippen LogP contribution in [0, 0.1) is 0 Å². The van der Waals surface area contributed by atoms with Crippen LogP contribution in [0.5, 0.6) is 0 Å². The maximum atomic E-state index is 12.7. The number of allylic oxidation sites excluding steroid dienone is 1. The molecule has 1 N–H and O–H groups in total. The van der Waals surface area contributed by atoms with E-state index < -0.39 is 15.6 Å². The summed E-state index contributed by atoms with van der Waals surface area (Å²) in [5.74, 6) is 0. The third-order valence-corrected chi connectivity index (χ3v) is 7.33. The van der Waals surface area contributed by atoms with Gasteiger partial charge in [0.15, 0.2) is 0 Å². The van der Waals surface area contributed by atoms with E-state index in [1.54, 1.807) is 12.1 Å². The lowest BCUT2D eigenvalue weighted by atomic mass is 9.76. The molecule has 0 radical (unpaired) electrons. The van der Waals surface area contributed by atoms with Crippen molar-refractivity contribution in [1.82, 2.24) is 4.72 Å². The van der Waals surface area contributed by atoms with Crippen molar-refractivity contribution in [1.29, 1.82) is 0 Å². The molecule has 1 spiro atoms. The second kappa shape index (κ2) is 4.72. The van der Waals surface area contributed by atoms with Crippen LogP contribution in [0.1, 0.15) is 37.0 Å². The molecule has 0 unspecified atom stereocenters. The highest BCUT2D eigenvalue weighted by atomic mass is 35.5. The molecule has 1 heterocycles. The van der Waals surface area contributed by atoms with Gasteiger partial charge in [0.05, 0.1) is 10.4 Å². The van der Waals surface area contributed by atoms with Crippen molar-refractivity contribution in [2.75, 3.05) is 0 Å². The molecule has 3 nitrogen and oxygen atoms in total. The number of hydrogen-bond donors (Lipinski definition) is 1. The standard InChI is InChI=1S/C19H18ClNO2S/c1-12(2)18(3)11-19(14-9-8-13(20)10-16(14)18)15-6-4-5-7-17(15)24(22,23)21-19/h4-10,21H,1,11H2,2-3H3/t18-,19-/m1/s1. The topological polar surface area (TPSA) is 46.2 Å². The van der Waals surface area contributed by atoms with E-state index in [2.05, 4.69) is 18.2 Å². The first kappa shape index (κ1) is 15.9. The average molecular weight is 360 g/mol. The molecular weight excluding hydrogens is 342 g/mol. The number of rotatable bonds is 1. The lowest BCUT2D eigenvalue weighted by Crippen LogP contribution is -2.40. The van der Waals surface area contributed by atoms with Gasteiger partial charge in [-0.1, -0.05) is 54.9 Å². The summed E-state index contributed by atoms with van der Waals surface area (Å²) in [6, 6.07) is 12.9. The van der Waals surface area contributed by atoms with Gasteiger partial charge in [-0.25, -0.2) is 8.42 Å². The molecule has 0 amide bonds. The van der Waals surface area contributed by atoms with Gasteiger partial charge >= 0.3 is 0 Å². The van der Waals surface area contributed by atoms with Crippen LogP contribution in [-0.2, 0) is 21.0 Å². The zero-order valence-electron chi connectivity index (χ0n) is 13.6. The van der Waals surface area contributed by atoms with E-state index in [-0.39, 0.29) is 5.41 Å². The molecule has 0 aromatic heterocycles. The Balaban J connectivity index is 2.09. The van der Waals surface area contributed by atoms with Crippen LogP contribution in [0.4, 0.5) is 0 Å². The monoisotopic (exact) mass is 359 g/mol. The van der Waals surface area contributed by atoms with Crippen molar-refractivity contribution < 1.29 is 8.42 Å². The molecule has 0 saturated carbocycles. The second-order valence-electron chi connectivity index (χ2n) is 6.99. The second-order valence-corrected chi connectivity index (χ2v) is 9.07. The Morgan fingerprint density at radius 1 is 1.17 bits per heavy atom. The van der Waals surface area contributed by atoms with Crippen LogP contribution in [0.15, 0.2) is 59.5 Å². The first-order valence-corrected chi connectivity index (χ1v) is 9.67. The summed E-state index contributed by atoms with van der Waals surface area (Å²) >= 11 is 6.24. The average Bonchev–Trinajstić information content (AvgIpc) is 2.90. The molecule has 2 aromatic rings. The number of fused-ring (bicyclic) bond motifs is 4. The molecule has 1 aliphatic carbocycles. The fourth-order valence-corrected chi connectivity index (χ4v) is 5.99. The van der Waals surface area contributed by atoms with Crippen molar-refractivity contribution >= 4 is 21.6 Å². The third kappa shape index (κ3) is 1.85. The van der Waals surface area contributed by atoms with Crippen molar-refractivity contribution in [3.05, 3.63) is 76.3 Å². The molecule has 4 rings (SSSR count). The number of benzene rings is 2. The van der Waals surface area contributed by atoms with E-state index in [1.165, 1.54) is 0 Å². The largest absolute Gasteiger partial charge is 0.242 e. The lowest BCUT2D eigenvalue weighted by Gasteiger charge is -2.30. The first-order chi connectivity index (χ1) is 11.2. The third-order valence-electron chi connectivity index (χ3n) is 5.54. The highest BCUT2D eigenvalue weighted by molar-refractivity contribution is 7.89. The predicted molar refractivity (Wildman–Crippen MR) is 95.8 cm³/mol. The normalized spacial score (nSPS) is 29.5. The summed E-state index contributed by atoms with van der Waals surface area (Å²) < 4.78 is 28.4. The number of sulfonamides is 1. The Hall–Kier alpha value is -1.62. The minimum Gasteiger partial charge on any atom is -0.207 e. The fourth-order valence-electron chi connectivity index (χ4n) is 4.17. The zero-order valence-corrected chi connectivity index (χ0v) is 15.1.